The Morgan fingerprint density at radius 1 is 1.22 bits per heavy atom. The SMILES string of the molecule is CN1CCCc2cc(C3=NN[C@@]4(CC5CCC4CC5)N3)ccc21. The molecule has 1 aromatic carbocycles. The predicted molar refractivity (Wildman–Crippen MR) is 93.6 cm³/mol. The third-order valence-electron chi connectivity index (χ3n) is 6.57. The van der Waals surface area contributed by atoms with E-state index in [4.69, 9.17) is 5.10 Å². The van der Waals surface area contributed by atoms with Crippen LogP contribution < -0.4 is 15.6 Å². The van der Waals surface area contributed by atoms with Gasteiger partial charge in [0.1, 0.15) is 5.66 Å². The van der Waals surface area contributed by atoms with Crippen LogP contribution in [0.4, 0.5) is 5.69 Å². The fourth-order valence-corrected chi connectivity index (χ4v) is 5.26. The van der Waals surface area contributed by atoms with Crippen molar-refractivity contribution in [3.8, 4) is 0 Å². The molecular weight excluding hydrogens is 284 g/mol. The highest BCUT2D eigenvalue weighted by Gasteiger charge is 2.50. The first kappa shape index (κ1) is 13.7. The number of amidine groups is 1. The molecule has 3 saturated carbocycles. The van der Waals surface area contributed by atoms with Crippen molar-refractivity contribution in [1.82, 2.24) is 10.7 Å². The van der Waals surface area contributed by atoms with Gasteiger partial charge in [-0.1, -0.05) is 0 Å². The average molecular weight is 310 g/mol. The van der Waals surface area contributed by atoms with E-state index >= 15 is 0 Å². The molecule has 4 nitrogen and oxygen atoms in total. The maximum atomic E-state index is 4.71. The molecular formula is C19H26N4. The van der Waals surface area contributed by atoms with Crippen LogP contribution in [0.3, 0.4) is 0 Å². The molecule has 0 radical (unpaired) electrons. The van der Waals surface area contributed by atoms with Crippen molar-refractivity contribution in [3.05, 3.63) is 29.3 Å². The summed E-state index contributed by atoms with van der Waals surface area (Å²) in [6.45, 7) is 1.17. The fraction of sp³-hybridized carbons (Fsp3) is 0.632. The first-order valence-corrected chi connectivity index (χ1v) is 9.21. The number of anilines is 1. The summed E-state index contributed by atoms with van der Waals surface area (Å²) >= 11 is 0. The van der Waals surface area contributed by atoms with Gasteiger partial charge in [0.2, 0.25) is 0 Å². The minimum absolute atomic E-state index is 0.0448. The zero-order chi connectivity index (χ0) is 15.4. The normalized spacial score (nSPS) is 34.8. The van der Waals surface area contributed by atoms with Crippen LogP contribution in [0.25, 0.3) is 0 Å². The molecule has 1 atom stereocenters. The van der Waals surface area contributed by atoms with Crippen LogP contribution in [0.15, 0.2) is 23.3 Å². The molecule has 2 N–H and O–H groups in total. The smallest absolute Gasteiger partial charge is 0.155 e. The Kier molecular flexibility index (Phi) is 2.91. The average Bonchev–Trinajstić information content (AvgIpc) is 2.99. The maximum absolute atomic E-state index is 4.71. The van der Waals surface area contributed by atoms with Crippen LogP contribution >= 0.6 is 0 Å². The van der Waals surface area contributed by atoms with Crippen LogP contribution in [0.5, 0.6) is 0 Å². The van der Waals surface area contributed by atoms with Crippen LogP contribution in [-0.2, 0) is 6.42 Å². The second kappa shape index (κ2) is 4.89. The van der Waals surface area contributed by atoms with Gasteiger partial charge < -0.3 is 10.2 Å². The molecule has 1 spiro atoms. The molecule has 0 amide bonds. The highest BCUT2D eigenvalue weighted by Crippen LogP contribution is 2.47. The first-order chi connectivity index (χ1) is 11.2. The zero-order valence-corrected chi connectivity index (χ0v) is 13.9. The molecule has 0 aromatic heterocycles. The predicted octanol–water partition coefficient (Wildman–Crippen LogP) is 2.83. The molecule has 3 fully saturated rings. The number of rotatable bonds is 1. The number of hydrogen-bond donors (Lipinski definition) is 2. The van der Waals surface area contributed by atoms with Gasteiger partial charge in [0, 0.05) is 30.8 Å². The van der Waals surface area contributed by atoms with Crippen molar-refractivity contribution in [2.45, 2.75) is 50.6 Å². The Labute approximate surface area is 138 Å². The van der Waals surface area contributed by atoms with Crippen molar-refractivity contribution in [2.24, 2.45) is 16.9 Å². The highest BCUT2D eigenvalue weighted by molar-refractivity contribution is 6.00. The molecule has 3 aliphatic carbocycles. The summed E-state index contributed by atoms with van der Waals surface area (Å²) in [7, 11) is 2.19. The number of fused-ring (bicyclic) bond motifs is 3. The topological polar surface area (TPSA) is 39.7 Å². The summed E-state index contributed by atoms with van der Waals surface area (Å²) in [5.74, 6) is 2.66. The van der Waals surface area contributed by atoms with Crippen LogP contribution in [0.2, 0.25) is 0 Å². The summed E-state index contributed by atoms with van der Waals surface area (Å²) in [5, 5.41) is 8.51. The second-order valence-electron chi connectivity index (χ2n) is 7.96. The molecule has 1 aromatic rings. The van der Waals surface area contributed by atoms with Crippen molar-refractivity contribution < 1.29 is 0 Å². The number of hydrazone groups is 1. The van der Waals surface area contributed by atoms with E-state index < -0.39 is 0 Å². The minimum atomic E-state index is 0.0448. The number of nitrogens with zero attached hydrogens (tertiary/aromatic N) is 2. The lowest BCUT2D eigenvalue weighted by atomic mass is 9.64. The van der Waals surface area contributed by atoms with E-state index in [0.29, 0.717) is 0 Å². The van der Waals surface area contributed by atoms with E-state index in [-0.39, 0.29) is 5.66 Å². The molecule has 23 heavy (non-hydrogen) atoms. The van der Waals surface area contributed by atoms with E-state index in [2.05, 4.69) is 40.9 Å². The summed E-state index contributed by atoms with van der Waals surface area (Å²) < 4.78 is 0. The molecule has 2 heterocycles. The molecule has 2 aliphatic heterocycles. The van der Waals surface area contributed by atoms with Gasteiger partial charge in [0.15, 0.2) is 5.84 Å². The first-order valence-electron chi connectivity index (χ1n) is 9.21. The lowest BCUT2D eigenvalue weighted by Gasteiger charge is -2.49. The molecule has 5 aliphatic rings. The fourth-order valence-electron chi connectivity index (χ4n) is 5.26. The van der Waals surface area contributed by atoms with Gasteiger partial charge >= 0.3 is 0 Å². The van der Waals surface area contributed by atoms with Crippen molar-refractivity contribution in [2.75, 3.05) is 18.5 Å². The molecule has 122 valence electrons. The van der Waals surface area contributed by atoms with Crippen molar-refractivity contribution >= 4 is 11.5 Å². The maximum Gasteiger partial charge on any atom is 0.155 e. The molecule has 0 unspecified atom stereocenters. The summed E-state index contributed by atoms with van der Waals surface area (Å²) in [6, 6.07) is 6.85. The Hall–Kier alpha value is -1.71. The van der Waals surface area contributed by atoms with Gasteiger partial charge in [-0.2, -0.15) is 5.10 Å². The number of hydrogen-bond acceptors (Lipinski definition) is 4. The van der Waals surface area contributed by atoms with E-state index in [9.17, 15) is 0 Å². The monoisotopic (exact) mass is 310 g/mol. The standard InChI is InChI=1S/C19H26N4/c1-23-10-2-3-14-11-15(6-9-17(14)23)18-20-19(22-21-18)12-13-4-7-16(19)8-5-13/h6,9,11,13,16,22H,2-5,7-8,10,12H2,1H3,(H,20,21)/t13?,16?,19-/m1/s1. The van der Waals surface area contributed by atoms with Gasteiger partial charge in [0.05, 0.1) is 0 Å². The Morgan fingerprint density at radius 3 is 2.87 bits per heavy atom. The van der Waals surface area contributed by atoms with Crippen LogP contribution in [0, 0.1) is 11.8 Å². The van der Waals surface area contributed by atoms with E-state index in [1.807, 2.05) is 0 Å². The Balaban J connectivity index is 1.41. The van der Waals surface area contributed by atoms with Gasteiger partial charge in [-0.25, -0.2) is 0 Å². The van der Waals surface area contributed by atoms with Gasteiger partial charge in [-0.15, -0.1) is 0 Å². The summed E-state index contributed by atoms with van der Waals surface area (Å²) in [6.07, 6.45) is 9.19. The lowest BCUT2D eigenvalue weighted by molar-refractivity contribution is 0.0394. The second-order valence-corrected chi connectivity index (χ2v) is 7.96. The summed E-state index contributed by atoms with van der Waals surface area (Å²) in [5.41, 5.74) is 7.64. The van der Waals surface area contributed by atoms with E-state index in [0.717, 1.165) is 17.7 Å². The van der Waals surface area contributed by atoms with Gasteiger partial charge in [-0.3, -0.25) is 5.43 Å². The van der Waals surface area contributed by atoms with Gasteiger partial charge in [-0.05, 0) is 74.6 Å². The summed E-state index contributed by atoms with van der Waals surface area (Å²) in [4.78, 5) is 2.37. The zero-order valence-electron chi connectivity index (χ0n) is 13.9. The Morgan fingerprint density at radius 2 is 2.09 bits per heavy atom. The van der Waals surface area contributed by atoms with Gasteiger partial charge in [0.25, 0.3) is 0 Å². The van der Waals surface area contributed by atoms with Crippen LogP contribution in [0.1, 0.15) is 49.7 Å². The number of benzene rings is 1. The molecule has 2 bridgehead atoms. The third kappa shape index (κ3) is 2.07. The molecule has 4 heteroatoms. The number of aryl methyl sites for hydroxylation is 1. The van der Waals surface area contributed by atoms with E-state index in [1.54, 1.807) is 0 Å². The quantitative estimate of drug-likeness (QED) is 0.838. The van der Waals surface area contributed by atoms with E-state index in [1.165, 1.54) is 68.3 Å². The molecule has 0 saturated heterocycles. The van der Waals surface area contributed by atoms with Crippen LogP contribution in [-0.4, -0.2) is 25.1 Å². The Bertz CT molecular complexity index is 659. The third-order valence-corrected chi connectivity index (χ3v) is 6.57. The largest absolute Gasteiger partial charge is 0.374 e. The highest BCUT2D eigenvalue weighted by atomic mass is 15.5. The lowest BCUT2D eigenvalue weighted by Crippen LogP contribution is -2.62. The van der Waals surface area contributed by atoms with Crippen molar-refractivity contribution in [3.63, 3.8) is 0 Å². The number of nitrogens with one attached hydrogen (secondary N) is 2. The van der Waals surface area contributed by atoms with Crippen molar-refractivity contribution in [1.29, 1.82) is 0 Å². The minimum Gasteiger partial charge on any atom is -0.374 e. The molecule has 6 rings (SSSR count).